The molecular formula is C28H34FN3O9S. The van der Waals surface area contributed by atoms with E-state index in [-0.39, 0.29) is 35.4 Å². The molecule has 2 aliphatic carbocycles. The zero-order valence-electron chi connectivity index (χ0n) is 23.5. The van der Waals surface area contributed by atoms with Crippen LogP contribution in [0.5, 0.6) is 5.88 Å². The molecule has 0 radical (unpaired) electrons. The largest absolute Gasteiger partial charge is 0.481 e. The first-order valence-electron chi connectivity index (χ1n) is 13.5. The van der Waals surface area contributed by atoms with Crippen molar-refractivity contribution in [2.24, 2.45) is 11.8 Å². The number of carboxylic acids is 1. The third kappa shape index (κ3) is 7.05. The van der Waals surface area contributed by atoms with Gasteiger partial charge in [0.15, 0.2) is 0 Å². The van der Waals surface area contributed by atoms with Gasteiger partial charge < -0.3 is 20.1 Å². The number of hydrogen-bond acceptors (Lipinski definition) is 7. The molecule has 1 aromatic carbocycles. The van der Waals surface area contributed by atoms with Crippen LogP contribution in [-0.4, -0.2) is 64.0 Å². The monoisotopic (exact) mass is 607 g/mol. The van der Waals surface area contributed by atoms with Gasteiger partial charge in [-0.1, -0.05) is 13.8 Å². The van der Waals surface area contributed by atoms with E-state index in [0.717, 1.165) is 18.4 Å². The number of anilines is 1. The number of carbonyl (C=O) groups is 3. The summed E-state index contributed by atoms with van der Waals surface area (Å²) in [5.41, 5.74) is 3.00. The van der Waals surface area contributed by atoms with Crippen LogP contribution in [0.4, 0.5) is 10.1 Å². The molecule has 14 heteroatoms. The number of rotatable bonds is 6. The summed E-state index contributed by atoms with van der Waals surface area (Å²) in [5.74, 6) is -1.71. The van der Waals surface area contributed by atoms with Gasteiger partial charge >= 0.3 is 16.4 Å². The van der Waals surface area contributed by atoms with Gasteiger partial charge in [-0.15, -0.1) is 0 Å². The minimum atomic E-state index is -4.67. The number of fused-ring (bicyclic) bond motifs is 2. The van der Waals surface area contributed by atoms with Gasteiger partial charge in [0.1, 0.15) is 11.9 Å². The molecule has 12 nitrogen and oxygen atoms in total. The molecule has 4 N–H and O–H groups in total. The van der Waals surface area contributed by atoms with E-state index in [0.29, 0.717) is 54.2 Å². The summed E-state index contributed by atoms with van der Waals surface area (Å²) in [6.45, 7) is 4.34. The van der Waals surface area contributed by atoms with Gasteiger partial charge in [0.05, 0.1) is 12.8 Å². The van der Waals surface area contributed by atoms with E-state index in [2.05, 4.69) is 10.3 Å². The number of carboxylic acid groups (broad SMARTS) is 1. The van der Waals surface area contributed by atoms with Crippen molar-refractivity contribution in [3.63, 3.8) is 0 Å². The molecule has 2 heterocycles. The number of carbonyl (C=O) groups excluding carboxylic acids is 2. The minimum Gasteiger partial charge on any atom is -0.481 e. The fourth-order valence-electron chi connectivity index (χ4n) is 6.16. The lowest BCUT2D eigenvalue weighted by Crippen LogP contribution is -2.50. The van der Waals surface area contributed by atoms with Crippen LogP contribution in [0, 0.1) is 17.7 Å². The standard InChI is InChI=1S/C28H32FN3O5.H2O4S/c1-28(2)8-6-16-13-18(14-20(29)24(16)28)30-26(35)25-19-4-5-22(37-3)31-21(19)7-9-32(25)27(36)17-10-15(11-17)12-23(33)34;1-5(2,3)4/h4-5,13-15,17,25H,6-12H2,1-3H3,(H,30,35)(H,33,34);(H2,1,2,3,4)/t15?,17?,25-;/m1./s1. The maximum Gasteiger partial charge on any atom is 0.394 e. The molecule has 1 aromatic heterocycles. The van der Waals surface area contributed by atoms with Crippen LogP contribution < -0.4 is 10.1 Å². The molecule has 0 saturated heterocycles. The summed E-state index contributed by atoms with van der Waals surface area (Å²) in [6.07, 6.45) is 3.08. The molecular weight excluding hydrogens is 573 g/mol. The van der Waals surface area contributed by atoms with Gasteiger partial charge in [-0.2, -0.15) is 8.42 Å². The number of ether oxygens (including phenoxy) is 1. The molecule has 1 saturated carbocycles. The van der Waals surface area contributed by atoms with Crippen molar-refractivity contribution in [2.75, 3.05) is 19.0 Å². The molecule has 42 heavy (non-hydrogen) atoms. The van der Waals surface area contributed by atoms with Crippen LogP contribution in [0.15, 0.2) is 24.3 Å². The fraction of sp³-hybridized carbons (Fsp3) is 0.500. The summed E-state index contributed by atoms with van der Waals surface area (Å²) in [7, 11) is -3.15. The average Bonchev–Trinajstić information content (AvgIpc) is 3.17. The van der Waals surface area contributed by atoms with Gasteiger partial charge in [0, 0.05) is 42.6 Å². The molecule has 0 unspecified atom stereocenters. The Bertz CT molecular complexity index is 1500. The molecule has 0 spiro atoms. The van der Waals surface area contributed by atoms with E-state index in [1.54, 1.807) is 17.0 Å². The predicted octanol–water partition coefficient (Wildman–Crippen LogP) is 3.37. The maximum absolute atomic E-state index is 15.1. The predicted molar refractivity (Wildman–Crippen MR) is 148 cm³/mol. The number of aliphatic carboxylic acids is 1. The zero-order chi connectivity index (χ0) is 31.0. The second kappa shape index (κ2) is 11.9. The van der Waals surface area contributed by atoms with Gasteiger partial charge in [-0.05, 0) is 66.3 Å². The maximum atomic E-state index is 15.1. The lowest BCUT2D eigenvalue weighted by molar-refractivity contribution is -0.149. The molecule has 1 fully saturated rings. The van der Waals surface area contributed by atoms with Gasteiger partial charge in [-0.3, -0.25) is 23.5 Å². The number of halogens is 1. The number of aryl methyl sites for hydroxylation is 1. The Morgan fingerprint density at radius 1 is 1.17 bits per heavy atom. The average molecular weight is 608 g/mol. The first kappa shape index (κ1) is 31.3. The summed E-state index contributed by atoms with van der Waals surface area (Å²) >= 11 is 0. The van der Waals surface area contributed by atoms with Crippen molar-refractivity contribution in [3.05, 3.63) is 52.5 Å². The van der Waals surface area contributed by atoms with E-state index in [1.807, 2.05) is 19.9 Å². The third-order valence-corrected chi connectivity index (χ3v) is 8.10. The van der Waals surface area contributed by atoms with Crippen molar-refractivity contribution in [2.45, 2.75) is 63.8 Å². The summed E-state index contributed by atoms with van der Waals surface area (Å²) in [5, 5.41) is 11.9. The van der Waals surface area contributed by atoms with E-state index in [9.17, 15) is 14.4 Å². The Kier molecular flexibility index (Phi) is 8.90. The molecule has 5 rings (SSSR count). The van der Waals surface area contributed by atoms with Crippen LogP contribution in [0.2, 0.25) is 0 Å². The van der Waals surface area contributed by atoms with E-state index < -0.39 is 28.3 Å². The Morgan fingerprint density at radius 3 is 2.45 bits per heavy atom. The van der Waals surface area contributed by atoms with Gasteiger partial charge in [0.25, 0.3) is 5.91 Å². The smallest absolute Gasteiger partial charge is 0.394 e. The SMILES string of the molecule is COc1ccc2c(n1)CCN(C(=O)C1CC(CC(=O)O)C1)[C@H]2C(=O)Nc1cc(F)c2c(c1)CCC2(C)C.O=S(=O)(O)O. The Morgan fingerprint density at radius 2 is 1.83 bits per heavy atom. The molecule has 2 aromatic rings. The summed E-state index contributed by atoms with van der Waals surface area (Å²) in [6, 6.07) is 5.67. The molecule has 3 aliphatic rings. The van der Waals surface area contributed by atoms with Crippen molar-refractivity contribution < 1.29 is 46.1 Å². The van der Waals surface area contributed by atoms with Crippen LogP contribution in [0.1, 0.15) is 68.0 Å². The quantitative estimate of drug-likeness (QED) is 0.355. The second-order valence-corrected chi connectivity index (χ2v) is 12.4. The topological polar surface area (TPSA) is 183 Å². The molecule has 228 valence electrons. The van der Waals surface area contributed by atoms with Crippen molar-refractivity contribution >= 4 is 33.9 Å². The van der Waals surface area contributed by atoms with Crippen molar-refractivity contribution in [1.29, 1.82) is 0 Å². The molecule has 0 bridgehead atoms. The van der Waals surface area contributed by atoms with Gasteiger partial charge in [0.2, 0.25) is 11.8 Å². The highest BCUT2D eigenvalue weighted by Gasteiger charge is 2.44. The number of hydrogen-bond donors (Lipinski definition) is 4. The van der Waals surface area contributed by atoms with E-state index in [4.69, 9.17) is 27.4 Å². The van der Waals surface area contributed by atoms with Crippen molar-refractivity contribution in [3.8, 4) is 5.88 Å². The molecule has 1 atom stereocenters. The highest BCUT2D eigenvalue weighted by molar-refractivity contribution is 7.79. The highest BCUT2D eigenvalue weighted by Crippen LogP contribution is 2.43. The molecule has 1 aliphatic heterocycles. The van der Waals surface area contributed by atoms with Gasteiger partial charge in [-0.25, -0.2) is 9.37 Å². The number of nitrogens with one attached hydrogen (secondary N) is 1. The highest BCUT2D eigenvalue weighted by atomic mass is 32.3. The number of methoxy groups -OCH3 is 1. The Hall–Kier alpha value is -3.62. The van der Waals surface area contributed by atoms with Crippen molar-refractivity contribution in [1.82, 2.24) is 9.88 Å². The second-order valence-electron chi connectivity index (χ2n) is 11.5. The normalized spacial score (nSPS) is 22.0. The number of aromatic nitrogens is 1. The number of amides is 2. The van der Waals surface area contributed by atoms with Crippen LogP contribution in [-0.2, 0) is 43.0 Å². The lowest BCUT2D eigenvalue weighted by Gasteiger charge is -2.42. The fourth-order valence-corrected chi connectivity index (χ4v) is 6.16. The Labute approximate surface area is 242 Å². The Balaban J connectivity index is 0.000000748. The number of pyridine rings is 1. The first-order valence-corrected chi connectivity index (χ1v) is 14.9. The first-order chi connectivity index (χ1) is 19.6. The van der Waals surface area contributed by atoms with Crippen LogP contribution in [0.25, 0.3) is 0 Å². The summed E-state index contributed by atoms with van der Waals surface area (Å²) < 4.78 is 51.9. The lowest BCUT2D eigenvalue weighted by atomic mass is 9.72. The molecule has 2 amide bonds. The van der Waals surface area contributed by atoms with E-state index in [1.165, 1.54) is 13.2 Å². The van der Waals surface area contributed by atoms with Crippen LogP contribution in [0.3, 0.4) is 0 Å². The number of benzene rings is 1. The van der Waals surface area contributed by atoms with Crippen LogP contribution >= 0.6 is 0 Å². The third-order valence-electron chi connectivity index (χ3n) is 8.10. The van der Waals surface area contributed by atoms with E-state index >= 15 is 4.39 Å². The summed E-state index contributed by atoms with van der Waals surface area (Å²) in [4.78, 5) is 44.3. The number of nitrogens with zero attached hydrogens (tertiary/aromatic N) is 2. The minimum absolute atomic E-state index is 0.0274. The zero-order valence-corrected chi connectivity index (χ0v) is 24.3.